The van der Waals surface area contributed by atoms with Crippen molar-refractivity contribution in [2.45, 2.75) is 44.4 Å². The summed E-state index contributed by atoms with van der Waals surface area (Å²) in [6.07, 6.45) is 7.66. The molecule has 3 aliphatic rings. The lowest BCUT2D eigenvalue weighted by atomic mass is 10.0. The van der Waals surface area contributed by atoms with Crippen LogP contribution in [0.2, 0.25) is 5.02 Å². The highest BCUT2D eigenvalue weighted by Crippen LogP contribution is 2.37. The Labute approximate surface area is 254 Å². The van der Waals surface area contributed by atoms with Crippen LogP contribution in [0.3, 0.4) is 0 Å². The van der Waals surface area contributed by atoms with Gasteiger partial charge < -0.3 is 29.0 Å². The highest BCUT2D eigenvalue weighted by Gasteiger charge is 2.36. The third-order valence-electron chi connectivity index (χ3n) is 8.05. The first-order valence-electron chi connectivity index (χ1n) is 14.6. The first-order valence-corrected chi connectivity index (χ1v) is 15.0. The second kappa shape index (κ2) is 12.7. The van der Waals surface area contributed by atoms with Crippen LogP contribution >= 0.6 is 11.6 Å². The molecule has 6 rings (SSSR count). The highest BCUT2D eigenvalue weighted by atomic mass is 35.5. The SMILES string of the molecule is [C-]#[N+]C[C@H]1CN(c2nc(OCCCOC3CC3)nc3c2CCN(c2cncc4cccc(Cl)c24)C3)CCN1C(=O)C(=C)F. The van der Waals surface area contributed by atoms with E-state index in [2.05, 4.69) is 26.2 Å². The van der Waals surface area contributed by atoms with Gasteiger partial charge >= 0.3 is 6.01 Å². The minimum atomic E-state index is -1.02. The smallest absolute Gasteiger partial charge is 0.318 e. The van der Waals surface area contributed by atoms with E-state index < -0.39 is 17.8 Å². The summed E-state index contributed by atoms with van der Waals surface area (Å²) in [6, 6.07) is 5.57. The van der Waals surface area contributed by atoms with Crippen molar-refractivity contribution in [1.82, 2.24) is 19.9 Å². The molecule has 1 saturated carbocycles. The first kappa shape index (κ1) is 29.1. The molecular formula is C31H33ClFN7O3. The number of benzene rings is 1. The van der Waals surface area contributed by atoms with Gasteiger partial charge in [-0.25, -0.2) is 11.0 Å². The third-order valence-corrected chi connectivity index (χ3v) is 8.37. The summed E-state index contributed by atoms with van der Waals surface area (Å²) in [7, 11) is 0. The molecule has 1 aromatic carbocycles. The summed E-state index contributed by atoms with van der Waals surface area (Å²) in [5.41, 5.74) is 2.77. The molecule has 2 fully saturated rings. The predicted octanol–water partition coefficient (Wildman–Crippen LogP) is 4.61. The Balaban J connectivity index is 1.29. The van der Waals surface area contributed by atoms with Crippen LogP contribution in [0.25, 0.3) is 15.6 Å². The maximum atomic E-state index is 13.8. The van der Waals surface area contributed by atoms with Crippen molar-refractivity contribution in [2.24, 2.45) is 0 Å². The van der Waals surface area contributed by atoms with Crippen LogP contribution in [0.15, 0.2) is 43.0 Å². The van der Waals surface area contributed by atoms with Gasteiger partial charge in [0.15, 0.2) is 5.83 Å². The lowest BCUT2D eigenvalue weighted by Crippen LogP contribution is -2.57. The van der Waals surface area contributed by atoms with E-state index in [1.54, 1.807) is 0 Å². The van der Waals surface area contributed by atoms with E-state index >= 15 is 0 Å². The minimum absolute atomic E-state index is 0.0514. The van der Waals surface area contributed by atoms with Gasteiger partial charge in [0.1, 0.15) is 11.9 Å². The zero-order chi connectivity index (χ0) is 29.9. The van der Waals surface area contributed by atoms with Gasteiger partial charge in [-0.1, -0.05) is 30.3 Å². The van der Waals surface area contributed by atoms with Crippen LogP contribution in [-0.4, -0.2) is 83.8 Å². The van der Waals surface area contributed by atoms with Crippen molar-refractivity contribution in [3.8, 4) is 6.01 Å². The summed E-state index contributed by atoms with van der Waals surface area (Å²) in [5.74, 6) is -1.06. The maximum absolute atomic E-state index is 13.8. The first-order chi connectivity index (χ1) is 20.9. The molecular weight excluding hydrogens is 573 g/mol. The monoisotopic (exact) mass is 605 g/mol. The molecule has 0 N–H and O–H groups in total. The molecule has 0 unspecified atom stereocenters. The minimum Gasteiger partial charge on any atom is -0.463 e. The summed E-state index contributed by atoms with van der Waals surface area (Å²) >= 11 is 6.64. The zero-order valence-corrected chi connectivity index (χ0v) is 24.6. The van der Waals surface area contributed by atoms with E-state index in [0.717, 1.165) is 52.8 Å². The number of nitrogens with zero attached hydrogens (tertiary/aromatic N) is 7. The number of fused-ring (bicyclic) bond motifs is 2. The fourth-order valence-corrected chi connectivity index (χ4v) is 6.05. The second-order valence-electron chi connectivity index (χ2n) is 11.0. The Bertz CT molecular complexity index is 1570. The van der Waals surface area contributed by atoms with Crippen molar-refractivity contribution >= 4 is 39.8 Å². The van der Waals surface area contributed by atoms with Gasteiger partial charge in [0.05, 0.1) is 48.5 Å². The topological polar surface area (TPSA) is 88.3 Å². The Hall–Kier alpha value is -4.01. The number of amides is 1. The molecule has 2 aliphatic heterocycles. The molecule has 224 valence electrons. The number of carbonyl (C=O) groups excluding carboxylic acids is 1. The van der Waals surface area contributed by atoms with Crippen molar-refractivity contribution in [1.29, 1.82) is 0 Å². The number of rotatable bonds is 10. The van der Waals surface area contributed by atoms with E-state index in [1.807, 2.05) is 30.6 Å². The highest BCUT2D eigenvalue weighted by molar-refractivity contribution is 6.36. The van der Waals surface area contributed by atoms with Gasteiger partial charge in [0.25, 0.3) is 5.91 Å². The molecule has 0 spiro atoms. The third kappa shape index (κ3) is 6.36. The molecule has 1 atom stereocenters. The molecule has 2 aromatic heterocycles. The van der Waals surface area contributed by atoms with Crippen LogP contribution in [0, 0.1) is 6.57 Å². The molecule has 43 heavy (non-hydrogen) atoms. The van der Waals surface area contributed by atoms with E-state index in [0.29, 0.717) is 56.9 Å². The second-order valence-corrected chi connectivity index (χ2v) is 11.4. The average molecular weight is 606 g/mol. The summed E-state index contributed by atoms with van der Waals surface area (Å²) in [5, 5.41) is 2.57. The summed E-state index contributed by atoms with van der Waals surface area (Å²) in [6.45, 7) is 13.9. The lowest BCUT2D eigenvalue weighted by molar-refractivity contribution is -0.131. The largest absolute Gasteiger partial charge is 0.463 e. The molecule has 0 radical (unpaired) electrons. The number of ether oxygens (including phenoxy) is 2. The number of pyridine rings is 1. The Morgan fingerprint density at radius 1 is 1.16 bits per heavy atom. The van der Waals surface area contributed by atoms with Crippen LogP contribution in [-0.2, 0) is 22.5 Å². The molecule has 1 saturated heterocycles. The average Bonchev–Trinajstić information content (AvgIpc) is 3.84. The van der Waals surface area contributed by atoms with Crippen LogP contribution < -0.4 is 14.5 Å². The van der Waals surface area contributed by atoms with Gasteiger partial charge in [-0.3, -0.25) is 9.78 Å². The molecule has 1 amide bonds. The number of halogens is 2. The maximum Gasteiger partial charge on any atom is 0.318 e. The van der Waals surface area contributed by atoms with Gasteiger partial charge in [-0.05, 0) is 25.3 Å². The Kier molecular flexibility index (Phi) is 8.58. The predicted molar refractivity (Wildman–Crippen MR) is 162 cm³/mol. The quantitative estimate of drug-likeness (QED) is 0.188. The fraction of sp³-hybridized carbons (Fsp3) is 0.452. The molecule has 4 heterocycles. The number of hydrogen-bond donors (Lipinski definition) is 0. The van der Waals surface area contributed by atoms with Crippen LogP contribution in [0.5, 0.6) is 6.01 Å². The van der Waals surface area contributed by atoms with E-state index in [4.69, 9.17) is 37.6 Å². The van der Waals surface area contributed by atoms with E-state index in [9.17, 15) is 9.18 Å². The number of piperazine rings is 1. The number of carbonyl (C=O) groups is 1. The number of anilines is 2. The Morgan fingerprint density at radius 2 is 2.02 bits per heavy atom. The van der Waals surface area contributed by atoms with Gasteiger partial charge in [-0.15, -0.1) is 0 Å². The van der Waals surface area contributed by atoms with Crippen molar-refractivity contribution < 1.29 is 18.7 Å². The van der Waals surface area contributed by atoms with E-state index in [1.165, 1.54) is 4.90 Å². The fourth-order valence-electron chi connectivity index (χ4n) is 5.77. The van der Waals surface area contributed by atoms with Crippen molar-refractivity contribution in [3.63, 3.8) is 0 Å². The number of hydrogen-bond acceptors (Lipinski definition) is 8. The standard InChI is InChI=1S/C31H33ClFN7O3/c1-20(33)30(41)40-12-11-39(18-22(40)16-34-2)29-24-9-10-38(27-17-35-15-21-5-3-6-25(32)28(21)27)19-26(24)36-31(37-29)43-14-4-13-42-23-7-8-23/h3,5-6,15,17,22-23H,1,4,7-14,16,18-19H2/t22-/m0/s1. The van der Waals surface area contributed by atoms with Crippen LogP contribution in [0.4, 0.5) is 15.9 Å². The lowest BCUT2D eigenvalue weighted by Gasteiger charge is -2.41. The van der Waals surface area contributed by atoms with E-state index in [-0.39, 0.29) is 19.1 Å². The molecule has 3 aromatic rings. The van der Waals surface area contributed by atoms with Crippen molar-refractivity contribution in [3.05, 3.63) is 70.7 Å². The van der Waals surface area contributed by atoms with Crippen molar-refractivity contribution in [2.75, 3.05) is 55.7 Å². The molecule has 12 heteroatoms. The molecule has 10 nitrogen and oxygen atoms in total. The normalized spacial score (nSPS) is 18.3. The van der Waals surface area contributed by atoms with Gasteiger partial charge in [0, 0.05) is 55.1 Å². The molecule has 1 aliphatic carbocycles. The summed E-state index contributed by atoms with van der Waals surface area (Å²) < 4.78 is 25.6. The van der Waals surface area contributed by atoms with Crippen LogP contribution in [0.1, 0.15) is 30.5 Å². The Morgan fingerprint density at radius 3 is 2.81 bits per heavy atom. The summed E-state index contributed by atoms with van der Waals surface area (Å²) in [4.78, 5) is 35.8. The van der Waals surface area contributed by atoms with Gasteiger partial charge in [-0.2, -0.15) is 9.97 Å². The number of aromatic nitrogens is 3. The zero-order valence-electron chi connectivity index (χ0n) is 23.8. The molecule has 0 bridgehead atoms. The van der Waals surface area contributed by atoms with Gasteiger partial charge in [0.2, 0.25) is 6.54 Å².